The molecule has 20 heavy (non-hydrogen) atoms. The molecule has 1 aliphatic carbocycles. The lowest BCUT2D eigenvalue weighted by Gasteiger charge is -2.13. The molecule has 0 aromatic heterocycles. The number of hydrogen-bond donors (Lipinski definition) is 2. The second-order valence-corrected chi connectivity index (χ2v) is 4.96. The van der Waals surface area contributed by atoms with Crippen molar-refractivity contribution >= 4 is 11.9 Å². The number of allylic oxidation sites excluding steroid dienone is 2. The summed E-state index contributed by atoms with van der Waals surface area (Å²) in [5.74, 6) is -0.276. The van der Waals surface area contributed by atoms with Crippen molar-refractivity contribution in [2.24, 2.45) is 5.92 Å². The minimum Gasteiger partial charge on any atom is -0.512 e. The molecule has 5 nitrogen and oxygen atoms in total. The van der Waals surface area contributed by atoms with Crippen LogP contribution in [0.3, 0.4) is 0 Å². The predicted octanol–water partition coefficient (Wildman–Crippen LogP) is 3.44. The summed E-state index contributed by atoms with van der Waals surface area (Å²) in [7, 11) is 1.41. The van der Waals surface area contributed by atoms with E-state index in [1.807, 2.05) is 0 Å². The van der Waals surface area contributed by atoms with Gasteiger partial charge >= 0.3 is 5.97 Å². The first kappa shape index (κ1) is 18.5. The fourth-order valence-electron chi connectivity index (χ4n) is 2.31. The molecule has 0 spiro atoms. The van der Waals surface area contributed by atoms with Crippen LogP contribution in [-0.2, 0) is 14.3 Å². The first-order chi connectivity index (χ1) is 9.42. The van der Waals surface area contributed by atoms with Crippen molar-refractivity contribution < 1.29 is 24.5 Å². The van der Waals surface area contributed by atoms with Gasteiger partial charge in [-0.05, 0) is 30.8 Å². The zero-order valence-corrected chi connectivity index (χ0v) is 12.6. The number of esters is 1. The number of rotatable bonds is 6. The summed E-state index contributed by atoms with van der Waals surface area (Å²) in [4.78, 5) is 20.2. The fourth-order valence-corrected chi connectivity index (χ4v) is 2.31. The van der Waals surface area contributed by atoms with E-state index in [9.17, 15) is 9.90 Å². The first-order valence-corrected chi connectivity index (χ1v) is 7.09. The molecule has 0 aromatic carbocycles. The van der Waals surface area contributed by atoms with Gasteiger partial charge in [-0.25, -0.2) is 0 Å². The van der Waals surface area contributed by atoms with Gasteiger partial charge in [-0.3, -0.25) is 9.59 Å². The summed E-state index contributed by atoms with van der Waals surface area (Å²) >= 11 is 0. The van der Waals surface area contributed by atoms with E-state index in [1.165, 1.54) is 20.0 Å². The second kappa shape index (κ2) is 10.3. The summed E-state index contributed by atoms with van der Waals surface area (Å²) in [6.07, 6.45) is 6.43. The summed E-state index contributed by atoms with van der Waals surface area (Å²) in [6.45, 7) is 3.24. The SMILES string of the molecule is CC(=O)O.CCCCCC1=C(O)CCC1CC(=O)OC. The van der Waals surface area contributed by atoms with Crippen LogP contribution in [0, 0.1) is 5.92 Å². The van der Waals surface area contributed by atoms with Crippen molar-refractivity contribution in [2.75, 3.05) is 7.11 Å². The first-order valence-electron chi connectivity index (χ1n) is 7.09. The van der Waals surface area contributed by atoms with Crippen LogP contribution < -0.4 is 0 Å². The molecule has 0 saturated carbocycles. The van der Waals surface area contributed by atoms with Crippen LogP contribution in [0.4, 0.5) is 0 Å². The molecule has 1 atom stereocenters. The Morgan fingerprint density at radius 1 is 1.35 bits per heavy atom. The van der Waals surface area contributed by atoms with E-state index >= 15 is 0 Å². The Bertz CT molecular complexity index is 342. The minimum atomic E-state index is -0.833. The zero-order valence-electron chi connectivity index (χ0n) is 12.6. The van der Waals surface area contributed by atoms with Gasteiger partial charge in [0.05, 0.1) is 19.3 Å². The van der Waals surface area contributed by atoms with Crippen LogP contribution >= 0.6 is 0 Å². The van der Waals surface area contributed by atoms with E-state index in [-0.39, 0.29) is 11.9 Å². The van der Waals surface area contributed by atoms with Gasteiger partial charge in [0, 0.05) is 13.3 Å². The van der Waals surface area contributed by atoms with Crippen LogP contribution in [0.1, 0.15) is 58.8 Å². The number of aliphatic carboxylic acids is 1. The van der Waals surface area contributed by atoms with E-state index in [1.54, 1.807) is 0 Å². The minimum absolute atomic E-state index is 0.173. The van der Waals surface area contributed by atoms with Crippen LogP contribution in [0.5, 0.6) is 0 Å². The van der Waals surface area contributed by atoms with Crippen molar-refractivity contribution in [1.82, 2.24) is 0 Å². The molecule has 0 bridgehead atoms. The van der Waals surface area contributed by atoms with Gasteiger partial charge in [-0.2, -0.15) is 0 Å². The van der Waals surface area contributed by atoms with Gasteiger partial charge in [-0.15, -0.1) is 0 Å². The molecule has 0 radical (unpaired) electrons. The molecule has 1 aliphatic rings. The maximum atomic E-state index is 11.2. The van der Waals surface area contributed by atoms with Crippen LogP contribution in [0.2, 0.25) is 0 Å². The molecule has 0 aliphatic heterocycles. The highest BCUT2D eigenvalue weighted by Crippen LogP contribution is 2.36. The normalized spacial score (nSPS) is 17.4. The quantitative estimate of drug-likeness (QED) is 0.577. The van der Waals surface area contributed by atoms with E-state index in [4.69, 9.17) is 9.90 Å². The maximum Gasteiger partial charge on any atom is 0.306 e. The van der Waals surface area contributed by atoms with Crippen molar-refractivity contribution in [3.63, 3.8) is 0 Å². The average Bonchev–Trinajstić information content (AvgIpc) is 2.71. The Morgan fingerprint density at radius 2 is 1.95 bits per heavy atom. The molecule has 2 N–H and O–H groups in total. The van der Waals surface area contributed by atoms with Gasteiger partial charge in [0.2, 0.25) is 0 Å². The lowest BCUT2D eigenvalue weighted by atomic mass is 9.93. The van der Waals surface area contributed by atoms with Crippen molar-refractivity contribution in [3.8, 4) is 0 Å². The third kappa shape index (κ3) is 7.81. The van der Waals surface area contributed by atoms with E-state index in [2.05, 4.69) is 11.7 Å². The molecular weight excluding hydrogens is 260 g/mol. The third-order valence-corrected chi connectivity index (χ3v) is 3.28. The smallest absolute Gasteiger partial charge is 0.306 e. The molecule has 0 heterocycles. The molecule has 0 amide bonds. The molecule has 5 heteroatoms. The summed E-state index contributed by atoms with van der Waals surface area (Å²) in [5.41, 5.74) is 1.10. The second-order valence-electron chi connectivity index (χ2n) is 4.96. The number of aliphatic hydroxyl groups is 1. The van der Waals surface area contributed by atoms with E-state index < -0.39 is 5.97 Å². The monoisotopic (exact) mass is 286 g/mol. The highest BCUT2D eigenvalue weighted by Gasteiger charge is 2.27. The lowest BCUT2D eigenvalue weighted by molar-refractivity contribution is -0.141. The Kier molecular flexibility index (Phi) is 9.51. The summed E-state index contributed by atoms with van der Waals surface area (Å²) in [6, 6.07) is 0. The van der Waals surface area contributed by atoms with Crippen LogP contribution in [0.15, 0.2) is 11.3 Å². The van der Waals surface area contributed by atoms with Crippen LogP contribution in [-0.4, -0.2) is 29.3 Å². The number of aliphatic hydroxyl groups excluding tert-OH is 1. The maximum absolute atomic E-state index is 11.2. The van der Waals surface area contributed by atoms with Crippen molar-refractivity contribution in [3.05, 3.63) is 11.3 Å². The van der Waals surface area contributed by atoms with Gasteiger partial charge in [-0.1, -0.05) is 19.8 Å². The fraction of sp³-hybridized carbons (Fsp3) is 0.733. The third-order valence-electron chi connectivity index (χ3n) is 3.28. The Morgan fingerprint density at radius 3 is 2.45 bits per heavy atom. The standard InChI is InChI=1S/C13H22O3.C2H4O2/c1-3-4-5-6-11-10(7-8-12(11)14)9-13(15)16-2;1-2(3)4/h10,14H,3-9H2,1-2H3;1H3,(H,3,4). The van der Waals surface area contributed by atoms with Gasteiger partial charge < -0.3 is 14.9 Å². The Labute approximate surface area is 120 Å². The lowest BCUT2D eigenvalue weighted by Crippen LogP contribution is -2.10. The number of carbonyl (C=O) groups excluding carboxylic acids is 1. The van der Waals surface area contributed by atoms with Crippen LogP contribution in [0.25, 0.3) is 0 Å². The summed E-state index contributed by atoms with van der Waals surface area (Å²) in [5, 5.41) is 17.2. The zero-order chi connectivity index (χ0) is 15.5. The number of ether oxygens (including phenoxy) is 1. The number of unbranched alkanes of at least 4 members (excludes halogenated alkanes) is 2. The molecule has 0 fully saturated rings. The van der Waals surface area contributed by atoms with Crippen molar-refractivity contribution in [1.29, 1.82) is 0 Å². The average molecular weight is 286 g/mol. The topological polar surface area (TPSA) is 83.8 Å². The molecule has 0 aromatic rings. The Balaban J connectivity index is 0.000000796. The number of hydrogen-bond acceptors (Lipinski definition) is 4. The van der Waals surface area contributed by atoms with Gasteiger partial charge in [0.15, 0.2) is 0 Å². The van der Waals surface area contributed by atoms with Crippen molar-refractivity contribution in [2.45, 2.75) is 58.8 Å². The highest BCUT2D eigenvalue weighted by molar-refractivity contribution is 5.70. The largest absolute Gasteiger partial charge is 0.512 e. The summed E-state index contributed by atoms with van der Waals surface area (Å²) < 4.78 is 4.68. The number of carbonyl (C=O) groups is 2. The van der Waals surface area contributed by atoms with E-state index in [0.717, 1.165) is 38.2 Å². The van der Waals surface area contributed by atoms with Gasteiger partial charge in [0.1, 0.15) is 0 Å². The molecule has 0 saturated heterocycles. The molecular formula is C15H26O5. The number of carboxylic acid groups (broad SMARTS) is 1. The molecule has 1 unspecified atom stereocenters. The van der Waals surface area contributed by atoms with E-state index in [0.29, 0.717) is 12.2 Å². The molecule has 1 rings (SSSR count). The number of methoxy groups -OCH3 is 1. The number of carboxylic acids is 1. The predicted molar refractivity (Wildman–Crippen MR) is 76.5 cm³/mol. The Hall–Kier alpha value is -1.52. The molecule has 116 valence electrons. The van der Waals surface area contributed by atoms with Gasteiger partial charge in [0.25, 0.3) is 5.97 Å². The highest BCUT2D eigenvalue weighted by atomic mass is 16.5.